The van der Waals surface area contributed by atoms with Crippen LogP contribution in [0.15, 0.2) is 29.1 Å². The Morgan fingerprint density at radius 1 is 1.27 bits per heavy atom. The molecule has 0 bridgehead atoms. The lowest BCUT2D eigenvalue weighted by Gasteiger charge is -2.11. The molecule has 2 aromatic rings. The molecule has 0 amide bonds. The highest BCUT2D eigenvalue weighted by molar-refractivity contribution is 5.94. The van der Waals surface area contributed by atoms with Crippen molar-refractivity contribution in [3.63, 3.8) is 0 Å². The van der Waals surface area contributed by atoms with Crippen LogP contribution in [0, 0.1) is 13.8 Å². The number of Topliss-reactive ketones (excluding diaryl/α,β-unsaturated/α-hetero) is 1. The van der Waals surface area contributed by atoms with Crippen molar-refractivity contribution >= 4 is 5.78 Å². The fourth-order valence-corrected chi connectivity index (χ4v) is 2.27. The zero-order valence-electron chi connectivity index (χ0n) is 13.3. The van der Waals surface area contributed by atoms with Gasteiger partial charge < -0.3 is 4.74 Å². The van der Waals surface area contributed by atoms with Gasteiger partial charge in [0.05, 0.1) is 24.4 Å². The van der Waals surface area contributed by atoms with E-state index in [1.54, 1.807) is 13.2 Å². The third kappa shape index (κ3) is 3.31. The Hall–Kier alpha value is -2.27. The summed E-state index contributed by atoms with van der Waals surface area (Å²) in [6.07, 6.45) is 0. The molecule has 0 saturated heterocycles. The number of hydrogen-bond donors (Lipinski definition) is 0. The number of aryl methyl sites for hydroxylation is 2. The van der Waals surface area contributed by atoms with Gasteiger partial charge in [-0.3, -0.25) is 9.59 Å². The number of aromatic nitrogens is 2. The molecule has 0 atom stereocenters. The number of nitrogens with zero attached hydrogens (tertiary/aromatic N) is 2. The monoisotopic (exact) mass is 300 g/mol. The van der Waals surface area contributed by atoms with E-state index in [1.807, 2.05) is 32.0 Å². The molecule has 1 heterocycles. The summed E-state index contributed by atoms with van der Waals surface area (Å²) >= 11 is 0. The van der Waals surface area contributed by atoms with Crippen LogP contribution in [0.3, 0.4) is 0 Å². The molecule has 0 unspecified atom stereocenters. The first-order chi connectivity index (χ1) is 10.4. The maximum atomic E-state index is 12.3. The van der Waals surface area contributed by atoms with Crippen molar-refractivity contribution in [1.29, 1.82) is 0 Å². The van der Waals surface area contributed by atoms with Crippen molar-refractivity contribution in [3.05, 3.63) is 51.3 Å². The predicted octanol–water partition coefficient (Wildman–Crippen LogP) is 2.38. The second-order valence-corrected chi connectivity index (χ2v) is 5.34. The predicted molar refractivity (Wildman–Crippen MR) is 85.3 cm³/mol. The van der Waals surface area contributed by atoms with Crippen LogP contribution in [0.4, 0.5) is 0 Å². The van der Waals surface area contributed by atoms with Crippen LogP contribution in [0.5, 0.6) is 0 Å². The molecule has 22 heavy (non-hydrogen) atoms. The fraction of sp³-hybridized carbons (Fsp3) is 0.353. The van der Waals surface area contributed by atoms with E-state index in [0.29, 0.717) is 18.8 Å². The van der Waals surface area contributed by atoms with Crippen molar-refractivity contribution in [1.82, 2.24) is 9.78 Å². The van der Waals surface area contributed by atoms with Crippen molar-refractivity contribution in [3.8, 4) is 11.3 Å². The molecule has 0 N–H and O–H groups in total. The standard InChI is InChI=1S/C17H20N2O3/c1-11-5-6-12(2)14(9-11)16-10-15(13(3)20)17(21)19(18-16)7-8-22-4/h5-6,9-10H,7-8H2,1-4H3. The number of rotatable bonds is 5. The topological polar surface area (TPSA) is 61.2 Å². The first-order valence-corrected chi connectivity index (χ1v) is 7.13. The van der Waals surface area contributed by atoms with E-state index in [1.165, 1.54) is 11.6 Å². The lowest BCUT2D eigenvalue weighted by molar-refractivity contribution is 0.101. The Bertz CT molecular complexity index is 763. The van der Waals surface area contributed by atoms with Gasteiger partial charge in [-0.25, -0.2) is 4.68 Å². The molecular formula is C17H20N2O3. The first-order valence-electron chi connectivity index (χ1n) is 7.13. The third-order valence-corrected chi connectivity index (χ3v) is 3.53. The highest BCUT2D eigenvalue weighted by atomic mass is 16.5. The molecule has 1 aromatic heterocycles. The lowest BCUT2D eigenvalue weighted by atomic mass is 10.0. The molecule has 5 nitrogen and oxygen atoms in total. The largest absolute Gasteiger partial charge is 0.383 e. The van der Waals surface area contributed by atoms with Crippen LogP contribution in [0.25, 0.3) is 11.3 Å². The Morgan fingerprint density at radius 2 is 2.00 bits per heavy atom. The van der Waals surface area contributed by atoms with E-state index in [0.717, 1.165) is 16.7 Å². The van der Waals surface area contributed by atoms with Crippen LogP contribution < -0.4 is 5.56 Å². The Balaban J connectivity index is 2.65. The van der Waals surface area contributed by atoms with E-state index in [9.17, 15) is 9.59 Å². The summed E-state index contributed by atoms with van der Waals surface area (Å²) in [5, 5.41) is 4.40. The lowest BCUT2D eigenvalue weighted by Crippen LogP contribution is -2.29. The molecular weight excluding hydrogens is 280 g/mol. The van der Waals surface area contributed by atoms with Crippen molar-refractivity contribution in [2.75, 3.05) is 13.7 Å². The van der Waals surface area contributed by atoms with Crippen LogP contribution in [-0.4, -0.2) is 29.3 Å². The zero-order valence-corrected chi connectivity index (χ0v) is 13.3. The van der Waals surface area contributed by atoms with E-state index < -0.39 is 0 Å². The highest BCUT2D eigenvalue weighted by Gasteiger charge is 2.14. The van der Waals surface area contributed by atoms with Gasteiger partial charge in [0.1, 0.15) is 0 Å². The van der Waals surface area contributed by atoms with Crippen LogP contribution >= 0.6 is 0 Å². The van der Waals surface area contributed by atoms with Crippen LogP contribution in [-0.2, 0) is 11.3 Å². The number of ether oxygens (including phenoxy) is 1. The maximum absolute atomic E-state index is 12.3. The Kier molecular flexibility index (Phi) is 4.88. The number of ketones is 1. The minimum absolute atomic E-state index is 0.155. The summed E-state index contributed by atoms with van der Waals surface area (Å²) in [5.74, 6) is -0.259. The SMILES string of the molecule is COCCn1nc(-c2cc(C)ccc2C)cc(C(C)=O)c1=O. The van der Waals surface area contributed by atoms with Gasteiger partial charge in [0.25, 0.3) is 5.56 Å². The van der Waals surface area contributed by atoms with E-state index in [2.05, 4.69) is 5.10 Å². The van der Waals surface area contributed by atoms with Gasteiger partial charge in [-0.05, 0) is 38.5 Å². The Labute approximate surface area is 129 Å². The quantitative estimate of drug-likeness (QED) is 0.795. The summed E-state index contributed by atoms with van der Waals surface area (Å²) in [7, 11) is 1.56. The fourth-order valence-electron chi connectivity index (χ4n) is 2.27. The molecule has 116 valence electrons. The summed E-state index contributed by atoms with van der Waals surface area (Å²) in [6, 6.07) is 7.61. The van der Waals surface area contributed by atoms with Crippen LogP contribution in [0.2, 0.25) is 0 Å². The summed E-state index contributed by atoms with van der Waals surface area (Å²) in [4.78, 5) is 24.0. The maximum Gasteiger partial charge on any atom is 0.277 e. The average molecular weight is 300 g/mol. The number of carbonyl (C=O) groups is 1. The molecule has 1 aromatic carbocycles. The van der Waals surface area contributed by atoms with Gasteiger partial charge in [-0.15, -0.1) is 0 Å². The molecule has 5 heteroatoms. The van der Waals surface area contributed by atoms with Gasteiger partial charge >= 0.3 is 0 Å². The van der Waals surface area contributed by atoms with Gasteiger partial charge in [0, 0.05) is 12.7 Å². The number of benzene rings is 1. The number of hydrogen-bond acceptors (Lipinski definition) is 4. The second-order valence-electron chi connectivity index (χ2n) is 5.34. The van der Waals surface area contributed by atoms with E-state index in [4.69, 9.17) is 4.74 Å². The van der Waals surface area contributed by atoms with Gasteiger partial charge in [0.15, 0.2) is 5.78 Å². The van der Waals surface area contributed by atoms with Gasteiger partial charge in [0.2, 0.25) is 0 Å². The molecule has 0 spiro atoms. The molecule has 0 fully saturated rings. The second kappa shape index (κ2) is 6.66. The minimum Gasteiger partial charge on any atom is -0.383 e. The van der Waals surface area contributed by atoms with Gasteiger partial charge in [-0.2, -0.15) is 5.10 Å². The molecule has 0 saturated carbocycles. The first kappa shape index (κ1) is 16.1. The normalized spacial score (nSPS) is 10.7. The highest BCUT2D eigenvalue weighted by Crippen LogP contribution is 2.22. The average Bonchev–Trinajstić information content (AvgIpc) is 2.48. The van der Waals surface area contributed by atoms with Crippen molar-refractivity contribution in [2.24, 2.45) is 0 Å². The number of methoxy groups -OCH3 is 1. The molecule has 0 aliphatic rings. The van der Waals surface area contributed by atoms with Crippen molar-refractivity contribution < 1.29 is 9.53 Å². The molecule has 0 radical (unpaired) electrons. The zero-order chi connectivity index (χ0) is 16.3. The smallest absolute Gasteiger partial charge is 0.277 e. The minimum atomic E-state index is -0.376. The van der Waals surface area contributed by atoms with Crippen molar-refractivity contribution in [2.45, 2.75) is 27.3 Å². The summed E-state index contributed by atoms with van der Waals surface area (Å²) < 4.78 is 6.31. The number of carbonyl (C=O) groups excluding carboxylic acids is 1. The van der Waals surface area contributed by atoms with Crippen LogP contribution in [0.1, 0.15) is 28.4 Å². The Morgan fingerprint density at radius 3 is 2.64 bits per heavy atom. The molecule has 0 aliphatic heterocycles. The molecule has 0 aliphatic carbocycles. The van der Waals surface area contributed by atoms with E-state index in [-0.39, 0.29) is 16.9 Å². The third-order valence-electron chi connectivity index (χ3n) is 3.53. The summed E-state index contributed by atoms with van der Waals surface area (Å²) in [5.41, 5.74) is 3.47. The van der Waals surface area contributed by atoms with Gasteiger partial charge in [-0.1, -0.05) is 17.7 Å². The van der Waals surface area contributed by atoms with E-state index >= 15 is 0 Å². The molecule has 2 rings (SSSR count). The summed E-state index contributed by atoms with van der Waals surface area (Å²) in [6.45, 7) is 6.05.